The van der Waals surface area contributed by atoms with Crippen LogP contribution in [0.4, 0.5) is 0 Å². The number of allylic oxidation sites excluding steroid dienone is 1. The van der Waals surface area contributed by atoms with Crippen molar-refractivity contribution in [1.29, 1.82) is 0 Å². The fraction of sp³-hybridized carbons (Fsp3) is 0.556. The SMILES string of the molecule is COc1ccccc1[C@H]1OC[C@@H]2[C@@H](C)[C@@H]1C(C)=C[C@H]2C. The lowest BCUT2D eigenvalue weighted by Crippen LogP contribution is -2.42. The van der Waals surface area contributed by atoms with Gasteiger partial charge in [0, 0.05) is 11.5 Å². The molecule has 5 atom stereocenters. The lowest BCUT2D eigenvalue weighted by Gasteiger charge is -2.47. The monoisotopic (exact) mass is 272 g/mol. The molecule has 1 aromatic rings. The molecule has 108 valence electrons. The highest BCUT2D eigenvalue weighted by molar-refractivity contribution is 5.37. The first kappa shape index (κ1) is 13.7. The van der Waals surface area contributed by atoms with Crippen molar-refractivity contribution in [3.05, 3.63) is 41.5 Å². The van der Waals surface area contributed by atoms with Gasteiger partial charge in [-0.15, -0.1) is 0 Å². The van der Waals surface area contributed by atoms with Gasteiger partial charge in [-0.3, -0.25) is 0 Å². The van der Waals surface area contributed by atoms with E-state index in [-0.39, 0.29) is 6.10 Å². The van der Waals surface area contributed by atoms with Gasteiger partial charge in [0.1, 0.15) is 5.75 Å². The maximum absolute atomic E-state index is 6.26. The van der Waals surface area contributed by atoms with Gasteiger partial charge in [-0.05, 0) is 30.7 Å². The van der Waals surface area contributed by atoms with Crippen LogP contribution >= 0.6 is 0 Å². The van der Waals surface area contributed by atoms with Crippen LogP contribution in [0.3, 0.4) is 0 Å². The van der Waals surface area contributed by atoms with Crippen LogP contribution in [0.5, 0.6) is 5.75 Å². The van der Waals surface area contributed by atoms with Gasteiger partial charge >= 0.3 is 0 Å². The predicted octanol–water partition coefficient (Wildman–Crippen LogP) is 4.23. The van der Waals surface area contributed by atoms with E-state index in [4.69, 9.17) is 9.47 Å². The average Bonchev–Trinajstić information content (AvgIpc) is 2.44. The highest BCUT2D eigenvalue weighted by Gasteiger charge is 2.44. The molecule has 1 heterocycles. The lowest BCUT2D eigenvalue weighted by molar-refractivity contribution is -0.0941. The highest BCUT2D eigenvalue weighted by Crippen LogP contribution is 2.50. The molecular weight excluding hydrogens is 248 g/mol. The van der Waals surface area contributed by atoms with E-state index in [1.807, 2.05) is 12.1 Å². The zero-order chi connectivity index (χ0) is 14.3. The maximum Gasteiger partial charge on any atom is 0.124 e. The van der Waals surface area contributed by atoms with Crippen LogP contribution in [0, 0.1) is 23.7 Å². The summed E-state index contributed by atoms with van der Waals surface area (Å²) in [6.07, 6.45) is 2.57. The summed E-state index contributed by atoms with van der Waals surface area (Å²) in [7, 11) is 1.74. The normalized spacial score (nSPS) is 36.4. The molecule has 0 spiro atoms. The minimum atomic E-state index is 0.126. The number of ether oxygens (including phenoxy) is 2. The smallest absolute Gasteiger partial charge is 0.124 e. The molecule has 0 N–H and O–H groups in total. The summed E-state index contributed by atoms with van der Waals surface area (Å²) in [6, 6.07) is 8.26. The molecule has 0 unspecified atom stereocenters. The van der Waals surface area contributed by atoms with Crippen molar-refractivity contribution in [1.82, 2.24) is 0 Å². The molecule has 1 aromatic carbocycles. The minimum Gasteiger partial charge on any atom is -0.496 e. The van der Waals surface area contributed by atoms with Gasteiger partial charge in [0.25, 0.3) is 0 Å². The van der Waals surface area contributed by atoms with E-state index in [0.29, 0.717) is 23.7 Å². The van der Waals surface area contributed by atoms with Gasteiger partial charge < -0.3 is 9.47 Å². The molecule has 2 nitrogen and oxygen atoms in total. The average molecular weight is 272 g/mol. The van der Waals surface area contributed by atoms with Crippen molar-refractivity contribution < 1.29 is 9.47 Å². The van der Waals surface area contributed by atoms with Gasteiger partial charge in [-0.1, -0.05) is 43.7 Å². The van der Waals surface area contributed by atoms with Gasteiger partial charge in [-0.2, -0.15) is 0 Å². The van der Waals surface area contributed by atoms with Crippen molar-refractivity contribution >= 4 is 0 Å². The second kappa shape index (κ2) is 5.25. The summed E-state index contributed by atoms with van der Waals surface area (Å²) >= 11 is 0. The van der Waals surface area contributed by atoms with Crippen LogP contribution in [0.1, 0.15) is 32.4 Å². The van der Waals surface area contributed by atoms with Gasteiger partial charge in [-0.25, -0.2) is 0 Å². The maximum atomic E-state index is 6.26. The lowest BCUT2D eigenvalue weighted by atomic mass is 9.64. The molecule has 1 aliphatic carbocycles. The van der Waals surface area contributed by atoms with E-state index in [1.54, 1.807) is 7.11 Å². The van der Waals surface area contributed by atoms with Gasteiger partial charge in [0.15, 0.2) is 0 Å². The number of benzene rings is 1. The summed E-state index contributed by atoms with van der Waals surface area (Å²) in [5.74, 6) is 3.35. The third-order valence-corrected chi connectivity index (χ3v) is 5.21. The van der Waals surface area contributed by atoms with E-state index >= 15 is 0 Å². The molecule has 0 saturated carbocycles. The zero-order valence-electron chi connectivity index (χ0n) is 12.8. The Morgan fingerprint density at radius 1 is 1.20 bits per heavy atom. The molecule has 1 aliphatic heterocycles. The third-order valence-electron chi connectivity index (χ3n) is 5.21. The first-order chi connectivity index (χ1) is 9.63. The Morgan fingerprint density at radius 3 is 2.70 bits per heavy atom. The van der Waals surface area contributed by atoms with E-state index in [9.17, 15) is 0 Å². The molecule has 1 fully saturated rings. The molecule has 0 aromatic heterocycles. The van der Waals surface area contributed by atoms with Crippen molar-refractivity contribution in [2.75, 3.05) is 13.7 Å². The van der Waals surface area contributed by atoms with Crippen molar-refractivity contribution in [3.8, 4) is 5.75 Å². The summed E-state index contributed by atoms with van der Waals surface area (Å²) in [5.41, 5.74) is 2.66. The third kappa shape index (κ3) is 2.07. The van der Waals surface area contributed by atoms with Crippen LogP contribution in [0.2, 0.25) is 0 Å². The molecule has 0 amide bonds. The molecule has 1 saturated heterocycles. The Hall–Kier alpha value is -1.28. The topological polar surface area (TPSA) is 18.5 Å². The molecule has 3 rings (SSSR count). The molecule has 2 aliphatic rings. The zero-order valence-corrected chi connectivity index (χ0v) is 12.8. The van der Waals surface area contributed by atoms with Crippen LogP contribution in [0.15, 0.2) is 35.9 Å². The first-order valence-corrected chi connectivity index (χ1v) is 7.56. The summed E-state index contributed by atoms with van der Waals surface area (Å²) in [6.45, 7) is 7.80. The number of rotatable bonds is 2. The van der Waals surface area contributed by atoms with Gasteiger partial charge in [0.05, 0.1) is 19.8 Å². The molecule has 20 heavy (non-hydrogen) atoms. The Kier molecular flexibility index (Phi) is 3.59. The number of methoxy groups -OCH3 is 1. The Balaban J connectivity index is 2.01. The van der Waals surface area contributed by atoms with Crippen LogP contribution in [-0.2, 0) is 4.74 Å². The Morgan fingerprint density at radius 2 is 1.95 bits per heavy atom. The van der Waals surface area contributed by atoms with E-state index in [2.05, 4.69) is 39.0 Å². The summed E-state index contributed by atoms with van der Waals surface area (Å²) in [4.78, 5) is 0. The second-order valence-corrected chi connectivity index (χ2v) is 6.31. The largest absolute Gasteiger partial charge is 0.496 e. The number of para-hydroxylation sites is 1. The standard InChI is InChI=1S/C18H24O2/c1-11-9-12(2)17-13(3)15(11)10-20-18(17)14-7-5-6-8-16(14)19-4/h5-9,11,13,15,17-18H,10H2,1-4H3/t11-,13-,15+,17+,18-/m1/s1. The van der Waals surface area contributed by atoms with Crippen LogP contribution in [0.25, 0.3) is 0 Å². The van der Waals surface area contributed by atoms with E-state index in [0.717, 1.165) is 12.4 Å². The highest BCUT2D eigenvalue weighted by atomic mass is 16.5. The van der Waals surface area contributed by atoms with Gasteiger partial charge in [0.2, 0.25) is 0 Å². The fourth-order valence-electron chi connectivity index (χ4n) is 4.13. The first-order valence-electron chi connectivity index (χ1n) is 7.56. The predicted molar refractivity (Wildman–Crippen MR) is 80.8 cm³/mol. The number of fused-ring (bicyclic) bond motifs is 2. The quantitative estimate of drug-likeness (QED) is 0.750. The summed E-state index contributed by atoms with van der Waals surface area (Å²) < 4.78 is 11.8. The molecule has 2 bridgehead atoms. The van der Waals surface area contributed by atoms with Crippen molar-refractivity contribution in [2.24, 2.45) is 23.7 Å². The fourth-order valence-corrected chi connectivity index (χ4v) is 4.13. The van der Waals surface area contributed by atoms with E-state index in [1.165, 1.54) is 11.1 Å². The summed E-state index contributed by atoms with van der Waals surface area (Å²) in [5, 5.41) is 0. The number of hydrogen-bond donors (Lipinski definition) is 0. The molecule has 2 heteroatoms. The van der Waals surface area contributed by atoms with Crippen LogP contribution in [-0.4, -0.2) is 13.7 Å². The van der Waals surface area contributed by atoms with Crippen LogP contribution < -0.4 is 4.74 Å². The van der Waals surface area contributed by atoms with Crippen molar-refractivity contribution in [3.63, 3.8) is 0 Å². The minimum absolute atomic E-state index is 0.126. The Bertz CT molecular complexity index is 520. The Labute approximate surface area is 121 Å². The van der Waals surface area contributed by atoms with E-state index < -0.39 is 0 Å². The van der Waals surface area contributed by atoms with Crippen molar-refractivity contribution in [2.45, 2.75) is 26.9 Å². The molecular formula is C18H24O2. The molecule has 0 radical (unpaired) electrons. The number of hydrogen-bond acceptors (Lipinski definition) is 2. The second-order valence-electron chi connectivity index (χ2n) is 6.31.